The second-order valence-electron chi connectivity index (χ2n) is 5.92. The lowest BCUT2D eigenvalue weighted by Gasteiger charge is -2.26. The van der Waals surface area contributed by atoms with Crippen LogP contribution in [0.25, 0.3) is 0 Å². The van der Waals surface area contributed by atoms with Crippen molar-refractivity contribution in [3.8, 4) is 0 Å². The summed E-state index contributed by atoms with van der Waals surface area (Å²) >= 11 is 0. The number of hydrogen-bond acceptors (Lipinski definition) is 2. The van der Waals surface area contributed by atoms with Gasteiger partial charge in [-0.15, -0.1) is 0 Å². The summed E-state index contributed by atoms with van der Waals surface area (Å²) in [6.07, 6.45) is 0. The molecule has 0 atom stereocenters. The van der Waals surface area contributed by atoms with Crippen LogP contribution in [0.2, 0.25) is 0 Å². The summed E-state index contributed by atoms with van der Waals surface area (Å²) in [6, 6.07) is 0. The molecule has 0 aromatic rings. The molecule has 2 heteroatoms. The van der Waals surface area contributed by atoms with Gasteiger partial charge in [-0.25, -0.2) is 0 Å². The summed E-state index contributed by atoms with van der Waals surface area (Å²) < 4.78 is 5.50. The number of hydrogen-bond donors (Lipinski definition) is 0. The Kier molecular flexibility index (Phi) is 2.51. The van der Waals surface area contributed by atoms with Crippen LogP contribution < -0.4 is 0 Å². The van der Waals surface area contributed by atoms with E-state index in [4.69, 9.17) is 4.74 Å². The Morgan fingerprint density at radius 3 is 1.79 bits per heavy atom. The van der Waals surface area contributed by atoms with Crippen molar-refractivity contribution in [2.24, 2.45) is 10.8 Å². The van der Waals surface area contributed by atoms with E-state index in [1.54, 1.807) is 0 Å². The van der Waals surface area contributed by atoms with Crippen LogP contribution in [0.3, 0.4) is 0 Å². The van der Waals surface area contributed by atoms with Crippen molar-refractivity contribution >= 4 is 5.78 Å². The lowest BCUT2D eigenvalue weighted by Crippen LogP contribution is -2.20. The largest absolute Gasteiger partial charge is 0.489 e. The minimum absolute atomic E-state index is 0.0746. The Hall–Kier alpha value is -0.790. The van der Waals surface area contributed by atoms with E-state index in [0.717, 1.165) is 11.3 Å². The average Bonchev–Trinajstić information content (AvgIpc) is 2.27. The van der Waals surface area contributed by atoms with Crippen LogP contribution in [0, 0.1) is 10.8 Å². The van der Waals surface area contributed by atoms with E-state index in [2.05, 4.69) is 41.5 Å². The Balaban J connectivity index is 3.23. The second-order valence-corrected chi connectivity index (χ2v) is 5.92. The quantitative estimate of drug-likeness (QED) is 0.595. The molecular weight excluding hydrogens is 176 g/mol. The second kappa shape index (κ2) is 3.11. The zero-order valence-corrected chi connectivity index (χ0v) is 10.0. The number of allylic oxidation sites excluding steroid dienone is 1. The van der Waals surface area contributed by atoms with Gasteiger partial charge in [0.15, 0.2) is 12.4 Å². The molecule has 2 nitrogen and oxygen atoms in total. The minimum Gasteiger partial charge on any atom is -0.489 e. The molecule has 0 aromatic carbocycles. The molecule has 0 radical (unpaired) electrons. The summed E-state index contributed by atoms with van der Waals surface area (Å²) in [6.45, 7) is 12.6. The highest BCUT2D eigenvalue weighted by atomic mass is 16.5. The van der Waals surface area contributed by atoms with Gasteiger partial charge in [-0.05, 0) is 5.41 Å². The van der Waals surface area contributed by atoms with E-state index in [9.17, 15) is 4.79 Å². The zero-order valence-electron chi connectivity index (χ0n) is 10.0. The zero-order chi connectivity index (χ0) is 11.1. The first-order valence-electron chi connectivity index (χ1n) is 5.05. The molecule has 0 aromatic heterocycles. The SMILES string of the molecule is CC(C)(C)C1=C(C(C)(C)C)C(=O)CO1. The molecule has 0 saturated heterocycles. The van der Waals surface area contributed by atoms with E-state index in [1.807, 2.05) is 0 Å². The van der Waals surface area contributed by atoms with Crippen LogP contribution in [0.5, 0.6) is 0 Å². The Bertz CT molecular complexity index is 284. The average molecular weight is 196 g/mol. The molecule has 0 aliphatic carbocycles. The summed E-state index contributed by atoms with van der Waals surface area (Å²) in [5.41, 5.74) is 0.676. The molecule has 0 amide bonds. The van der Waals surface area contributed by atoms with E-state index >= 15 is 0 Å². The monoisotopic (exact) mass is 196 g/mol. The Morgan fingerprint density at radius 2 is 1.50 bits per heavy atom. The third kappa shape index (κ3) is 1.99. The fourth-order valence-electron chi connectivity index (χ4n) is 1.76. The molecular formula is C12H20O2. The maximum absolute atomic E-state index is 11.7. The first-order chi connectivity index (χ1) is 6.14. The summed E-state index contributed by atoms with van der Waals surface area (Å²) in [4.78, 5) is 11.7. The predicted octanol–water partition coefficient (Wildman–Crippen LogP) is 2.93. The first-order valence-corrected chi connectivity index (χ1v) is 5.05. The van der Waals surface area contributed by atoms with Gasteiger partial charge in [0.1, 0.15) is 5.76 Å². The third-order valence-electron chi connectivity index (χ3n) is 2.28. The standard InChI is InChI=1S/C12H20O2/c1-11(2,3)9-8(13)7-14-10(9)12(4,5)6/h7H2,1-6H3. The number of Topliss-reactive ketones (excluding diaryl/α,β-unsaturated/α-hetero) is 1. The van der Waals surface area contributed by atoms with Crippen molar-refractivity contribution in [2.45, 2.75) is 41.5 Å². The summed E-state index contributed by atoms with van der Waals surface area (Å²) in [5, 5.41) is 0. The summed E-state index contributed by atoms with van der Waals surface area (Å²) in [7, 11) is 0. The highest BCUT2D eigenvalue weighted by Gasteiger charge is 2.38. The van der Waals surface area contributed by atoms with Crippen molar-refractivity contribution in [1.29, 1.82) is 0 Å². The van der Waals surface area contributed by atoms with E-state index in [0.29, 0.717) is 0 Å². The topological polar surface area (TPSA) is 26.3 Å². The van der Waals surface area contributed by atoms with Crippen LogP contribution in [0.1, 0.15) is 41.5 Å². The molecule has 0 spiro atoms. The molecule has 0 fully saturated rings. The number of ketones is 1. The van der Waals surface area contributed by atoms with Crippen LogP contribution in [-0.4, -0.2) is 12.4 Å². The molecule has 1 rings (SSSR count). The molecule has 1 aliphatic rings. The third-order valence-corrected chi connectivity index (χ3v) is 2.28. The van der Waals surface area contributed by atoms with E-state index < -0.39 is 0 Å². The molecule has 1 heterocycles. The van der Waals surface area contributed by atoms with Gasteiger partial charge >= 0.3 is 0 Å². The van der Waals surface area contributed by atoms with Crippen molar-refractivity contribution in [1.82, 2.24) is 0 Å². The number of rotatable bonds is 0. The van der Waals surface area contributed by atoms with Gasteiger partial charge < -0.3 is 4.74 Å². The molecule has 14 heavy (non-hydrogen) atoms. The van der Waals surface area contributed by atoms with Gasteiger partial charge in [0.25, 0.3) is 0 Å². The lowest BCUT2D eigenvalue weighted by atomic mass is 9.79. The number of ether oxygens (including phenoxy) is 1. The number of carbonyl (C=O) groups is 1. The first kappa shape index (κ1) is 11.3. The maximum Gasteiger partial charge on any atom is 0.200 e. The van der Waals surface area contributed by atoms with Crippen LogP contribution in [0.4, 0.5) is 0 Å². The van der Waals surface area contributed by atoms with Gasteiger partial charge in [-0.2, -0.15) is 0 Å². The van der Waals surface area contributed by atoms with Gasteiger partial charge in [0.05, 0.1) is 0 Å². The van der Waals surface area contributed by atoms with Gasteiger partial charge in [0, 0.05) is 11.0 Å². The molecule has 0 N–H and O–H groups in total. The van der Waals surface area contributed by atoms with Crippen LogP contribution in [-0.2, 0) is 9.53 Å². The highest BCUT2D eigenvalue weighted by molar-refractivity contribution is 5.99. The van der Waals surface area contributed by atoms with Crippen LogP contribution >= 0.6 is 0 Å². The maximum atomic E-state index is 11.7. The fourth-order valence-corrected chi connectivity index (χ4v) is 1.76. The molecule has 0 bridgehead atoms. The Morgan fingerprint density at radius 1 is 1.00 bits per heavy atom. The number of carbonyl (C=O) groups excluding carboxylic acids is 1. The Labute approximate surface area is 86.3 Å². The van der Waals surface area contributed by atoms with Crippen molar-refractivity contribution in [3.05, 3.63) is 11.3 Å². The van der Waals surface area contributed by atoms with Gasteiger partial charge in [-0.3, -0.25) is 4.79 Å². The van der Waals surface area contributed by atoms with Gasteiger partial charge in [0.2, 0.25) is 0 Å². The molecule has 80 valence electrons. The van der Waals surface area contributed by atoms with Crippen molar-refractivity contribution in [2.75, 3.05) is 6.61 Å². The highest BCUT2D eigenvalue weighted by Crippen LogP contribution is 2.40. The lowest BCUT2D eigenvalue weighted by molar-refractivity contribution is -0.117. The fraction of sp³-hybridized carbons (Fsp3) is 0.750. The van der Waals surface area contributed by atoms with E-state index in [-0.39, 0.29) is 23.2 Å². The van der Waals surface area contributed by atoms with Crippen molar-refractivity contribution < 1.29 is 9.53 Å². The van der Waals surface area contributed by atoms with Gasteiger partial charge in [-0.1, -0.05) is 41.5 Å². The smallest absolute Gasteiger partial charge is 0.200 e. The predicted molar refractivity (Wildman–Crippen MR) is 56.9 cm³/mol. The van der Waals surface area contributed by atoms with E-state index in [1.165, 1.54) is 0 Å². The molecule has 0 unspecified atom stereocenters. The normalized spacial score (nSPS) is 18.9. The van der Waals surface area contributed by atoms with Crippen molar-refractivity contribution in [3.63, 3.8) is 0 Å². The molecule has 0 saturated carbocycles. The minimum atomic E-state index is -0.115. The summed E-state index contributed by atoms with van der Waals surface area (Å²) in [5.74, 6) is 1.01. The molecule has 1 aliphatic heterocycles. The van der Waals surface area contributed by atoms with Crippen LogP contribution in [0.15, 0.2) is 11.3 Å².